The summed E-state index contributed by atoms with van der Waals surface area (Å²) in [5, 5.41) is 4.55. The van der Waals surface area contributed by atoms with Gasteiger partial charge < -0.3 is 14.8 Å². The Morgan fingerprint density at radius 2 is 1.84 bits per heavy atom. The Labute approximate surface area is 185 Å². The number of amides is 1. The predicted molar refractivity (Wildman–Crippen MR) is 127 cm³/mol. The van der Waals surface area contributed by atoms with Gasteiger partial charge in [0.2, 0.25) is 0 Å². The molecule has 2 aromatic carbocycles. The van der Waals surface area contributed by atoms with E-state index in [-0.39, 0.29) is 5.91 Å². The maximum absolute atomic E-state index is 12.6. The van der Waals surface area contributed by atoms with Gasteiger partial charge in [-0.15, -0.1) is 0 Å². The quantitative estimate of drug-likeness (QED) is 0.457. The van der Waals surface area contributed by atoms with Crippen LogP contribution in [0.2, 0.25) is 0 Å². The number of rotatable bonds is 4. The maximum atomic E-state index is 12.6. The van der Waals surface area contributed by atoms with Crippen LogP contribution < -0.4 is 5.32 Å². The lowest BCUT2D eigenvalue weighted by atomic mass is 10.0. The van der Waals surface area contributed by atoms with Crippen molar-refractivity contribution in [1.29, 1.82) is 0 Å². The predicted octanol–water partition coefficient (Wildman–Crippen LogP) is 4.63. The molecule has 0 spiro atoms. The van der Waals surface area contributed by atoms with Crippen molar-refractivity contribution in [2.75, 3.05) is 19.4 Å². The number of pyridine rings is 1. The van der Waals surface area contributed by atoms with Crippen molar-refractivity contribution < 1.29 is 4.79 Å². The zero-order chi connectivity index (χ0) is 22.2. The highest BCUT2D eigenvalue weighted by atomic mass is 16.2. The van der Waals surface area contributed by atoms with Crippen LogP contribution >= 0.6 is 0 Å². The number of aryl methyl sites for hydroxylation is 1. The summed E-state index contributed by atoms with van der Waals surface area (Å²) in [4.78, 5) is 27.5. The summed E-state index contributed by atoms with van der Waals surface area (Å²) in [6.07, 6.45) is 8.72. The average Bonchev–Trinajstić information content (AvgIpc) is 3.18. The summed E-state index contributed by atoms with van der Waals surface area (Å²) in [7, 11) is 5.50. The van der Waals surface area contributed by atoms with E-state index in [9.17, 15) is 4.79 Å². The summed E-state index contributed by atoms with van der Waals surface area (Å²) in [5.74, 6) is -0.0927. The first kappa shape index (κ1) is 19.7. The monoisotopic (exact) mass is 422 g/mol. The van der Waals surface area contributed by atoms with Gasteiger partial charge in [0, 0.05) is 62.7 Å². The lowest BCUT2D eigenvalue weighted by molar-refractivity contribution is 0.0828. The Hall–Kier alpha value is -4.26. The molecule has 0 bridgehead atoms. The second-order valence-electron chi connectivity index (χ2n) is 7.89. The van der Waals surface area contributed by atoms with E-state index in [0.717, 1.165) is 33.4 Å². The number of nitrogens with one attached hydrogen (secondary N) is 1. The van der Waals surface area contributed by atoms with E-state index in [1.54, 1.807) is 49.8 Å². The highest BCUT2D eigenvalue weighted by Gasteiger charge is 2.15. The van der Waals surface area contributed by atoms with Crippen molar-refractivity contribution in [2.24, 2.45) is 7.05 Å². The van der Waals surface area contributed by atoms with E-state index < -0.39 is 0 Å². The van der Waals surface area contributed by atoms with E-state index in [4.69, 9.17) is 0 Å². The smallest absolute Gasteiger partial charge is 0.255 e. The molecule has 0 saturated carbocycles. The molecule has 0 unspecified atom stereocenters. The topological polar surface area (TPSA) is 75.9 Å². The minimum absolute atomic E-state index is 0.0927. The molecule has 0 aliphatic carbocycles. The summed E-state index contributed by atoms with van der Waals surface area (Å²) >= 11 is 0. The molecule has 158 valence electrons. The number of hydrogen-bond donors (Lipinski definition) is 1. The van der Waals surface area contributed by atoms with Crippen LogP contribution in [0.3, 0.4) is 0 Å². The molecule has 1 amide bonds. The highest BCUT2D eigenvalue weighted by Crippen LogP contribution is 2.33. The van der Waals surface area contributed by atoms with Crippen molar-refractivity contribution in [3.8, 4) is 11.1 Å². The molecule has 0 aliphatic heterocycles. The molecular formula is C25H22N6O. The van der Waals surface area contributed by atoms with E-state index in [0.29, 0.717) is 11.3 Å². The van der Waals surface area contributed by atoms with Gasteiger partial charge in [0.25, 0.3) is 5.91 Å². The fourth-order valence-corrected chi connectivity index (χ4v) is 3.87. The molecule has 0 aliphatic rings. The van der Waals surface area contributed by atoms with Crippen molar-refractivity contribution in [3.63, 3.8) is 0 Å². The molecule has 5 rings (SSSR count). The summed E-state index contributed by atoms with van der Waals surface area (Å²) < 4.78 is 2.10. The Morgan fingerprint density at radius 1 is 1.00 bits per heavy atom. The van der Waals surface area contributed by atoms with E-state index >= 15 is 0 Å². The fraction of sp³-hybridized carbons (Fsp3) is 0.120. The molecule has 3 heterocycles. The van der Waals surface area contributed by atoms with Crippen molar-refractivity contribution in [1.82, 2.24) is 24.4 Å². The van der Waals surface area contributed by atoms with Gasteiger partial charge >= 0.3 is 0 Å². The van der Waals surface area contributed by atoms with Gasteiger partial charge in [-0.25, -0.2) is 0 Å². The Bertz CT molecular complexity index is 1470. The largest absolute Gasteiger partial charge is 0.354 e. The number of nitrogens with zero attached hydrogens (tertiary/aromatic N) is 5. The molecule has 0 radical (unpaired) electrons. The second-order valence-corrected chi connectivity index (χ2v) is 7.89. The maximum Gasteiger partial charge on any atom is 0.255 e. The SMILES string of the molecule is CN(C)C(=O)c1ccncc1Nc1cc(-c2ccc3ccn(C)c3c2)c2nccnc2c1. The molecule has 1 N–H and O–H groups in total. The van der Waals surface area contributed by atoms with Crippen LogP contribution in [0, 0.1) is 0 Å². The third-order valence-corrected chi connectivity index (χ3v) is 5.51. The molecule has 32 heavy (non-hydrogen) atoms. The number of hydrogen-bond acceptors (Lipinski definition) is 5. The average molecular weight is 422 g/mol. The van der Waals surface area contributed by atoms with Gasteiger partial charge in [0.1, 0.15) is 0 Å². The molecule has 0 saturated heterocycles. The van der Waals surface area contributed by atoms with Gasteiger partial charge in [0.15, 0.2) is 0 Å². The fourth-order valence-electron chi connectivity index (χ4n) is 3.87. The summed E-state index contributed by atoms with van der Waals surface area (Å²) in [5.41, 5.74) is 6.74. The zero-order valence-corrected chi connectivity index (χ0v) is 18.1. The van der Waals surface area contributed by atoms with Crippen LogP contribution in [0.25, 0.3) is 33.1 Å². The number of aromatic nitrogens is 4. The normalized spacial score (nSPS) is 11.1. The van der Waals surface area contributed by atoms with Gasteiger partial charge in [-0.3, -0.25) is 19.7 Å². The number of fused-ring (bicyclic) bond motifs is 2. The Balaban J connectivity index is 1.65. The first-order valence-electron chi connectivity index (χ1n) is 10.2. The molecule has 7 nitrogen and oxygen atoms in total. The van der Waals surface area contributed by atoms with Gasteiger partial charge in [-0.1, -0.05) is 12.1 Å². The summed E-state index contributed by atoms with van der Waals surface area (Å²) in [6.45, 7) is 0. The lowest BCUT2D eigenvalue weighted by Gasteiger charge is -2.16. The number of anilines is 2. The number of benzene rings is 2. The van der Waals surface area contributed by atoms with Crippen LogP contribution in [0.15, 0.2) is 73.4 Å². The van der Waals surface area contributed by atoms with E-state index in [2.05, 4.69) is 55.3 Å². The van der Waals surface area contributed by atoms with Crippen LogP contribution in [-0.2, 0) is 7.05 Å². The lowest BCUT2D eigenvalue weighted by Crippen LogP contribution is -2.22. The van der Waals surface area contributed by atoms with Gasteiger partial charge in [0.05, 0.1) is 28.5 Å². The van der Waals surface area contributed by atoms with Gasteiger partial charge in [-0.2, -0.15) is 0 Å². The first-order chi connectivity index (χ1) is 15.5. The Morgan fingerprint density at radius 3 is 2.69 bits per heavy atom. The standard InChI is InChI=1S/C25H22N6O/c1-30(2)25(32)19-6-8-26-15-22(19)29-18-13-20(24-21(14-18)27-9-10-28-24)17-5-4-16-7-11-31(3)23(16)12-17/h4-15,29H,1-3H3. The molecular weight excluding hydrogens is 400 g/mol. The first-order valence-corrected chi connectivity index (χ1v) is 10.2. The Kier molecular flexibility index (Phi) is 4.78. The third kappa shape index (κ3) is 3.43. The van der Waals surface area contributed by atoms with Crippen molar-refractivity contribution in [2.45, 2.75) is 0 Å². The molecule has 3 aromatic heterocycles. The van der Waals surface area contributed by atoms with Crippen LogP contribution in [0.5, 0.6) is 0 Å². The van der Waals surface area contributed by atoms with Crippen molar-refractivity contribution >= 4 is 39.2 Å². The molecule has 5 aromatic rings. The minimum Gasteiger partial charge on any atom is -0.354 e. The van der Waals surface area contributed by atoms with Crippen LogP contribution in [0.4, 0.5) is 11.4 Å². The van der Waals surface area contributed by atoms with E-state index in [1.165, 1.54) is 5.39 Å². The number of carbonyl (C=O) groups is 1. The minimum atomic E-state index is -0.0927. The van der Waals surface area contributed by atoms with Crippen molar-refractivity contribution in [3.05, 3.63) is 79.0 Å². The summed E-state index contributed by atoms with van der Waals surface area (Å²) in [6, 6.07) is 14.2. The second kappa shape index (κ2) is 7.77. The van der Waals surface area contributed by atoms with E-state index in [1.807, 2.05) is 19.2 Å². The third-order valence-electron chi connectivity index (χ3n) is 5.51. The van der Waals surface area contributed by atoms with Gasteiger partial charge in [-0.05, 0) is 41.3 Å². The molecule has 7 heteroatoms. The van der Waals surface area contributed by atoms with Crippen LogP contribution in [-0.4, -0.2) is 44.4 Å². The number of carbonyl (C=O) groups excluding carboxylic acids is 1. The molecule has 0 atom stereocenters. The van der Waals surface area contributed by atoms with Crippen LogP contribution in [0.1, 0.15) is 10.4 Å². The molecule has 0 fully saturated rings. The highest BCUT2D eigenvalue weighted by molar-refractivity contribution is 6.01. The zero-order valence-electron chi connectivity index (χ0n) is 18.1.